The molecule has 1 aliphatic carbocycles. The molecule has 0 bridgehead atoms. The molecular weight excluding hydrogens is 436 g/mol. The lowest BCUT2D eigenvalue weighted by atomic mass is 9.96. The van der Waals surface area contributed by atoms with Crippen LogP contribution in [0.2, 0.25) is 0 Å². The van der Waals surface area contributed by atoms with Crippen molar-refractivity contribution in [3.8, 4) is 11.1 Å². The number of rotatable bonds is 8. The molecule has 4 rings (SSSR count). The topological polar surface area (TPSA) is 114 Å². The summed E-state index contributed by atoms with van der Waals surface area (Å²) in [7, 11) is 0. The van der Waals surface area contributed by atoms with Crippen molar-refractivity contribution in [3.05, 3.63) is 59.7 Å². The lowest BCUT2D eigenvalue weighted by molar-refractivity contribution is -0.149. The SMILES string of the molecule is CCC(C)(NC(=O)OCC1c2ccccc2-c2ccccc21)C(=O)NCC1CCOC1C(=O)O. The van der Waals surface area contributed by atoms with Crippen molar-refractivity contribution in [1.82, 2.24) is 10.6 Å². The number of carbonyl (C=O) groups excluding carboxylic acids is 2. The van der Waals surface area contributed by atoms with Crippen LogP contribution in [0.25, 0.3) is 11.1 Å². The van der Waals surface area contributed by atoms with Crippen LogP contribution in [0.15, 0.2) is 48.5 Å². The van der Waals surface area contributed by atoms with Crippen LogP contribution in [0, 0.1) is 5.92 Å². The molecule has 2 aliphatic rings. The van der Waals surface area contributed by atoms with Crippen LogP contribution in [-0.2, 0) is 19.1 Å². The van der Waals surface area contributed by atoms with Crippen LogP contribution in [-0.4, -0.2) is 54.5 Å². The second-order valence-corrected chi connectivity index (χ2v) is 9.02. The van der Waals surface area contributed by atoms with Crippen LogP contribution in [0.1, 0.15) is 43.7 Å². The Bertz CT molecular complexity index is 1040. The van der Waals surface area contributed by atoms with E-state index in [0.29, 0.717) is 19.4 Å². The summed E-state index contributed by atoms with van der Waals surface area (Å²) >= 11 is 0. The van der Waals surface area contributed by atoms with E-state index < -0.39 is 23.7 Å². The number of aliphatic carboxylic acids is 1. The van der Waals surface area contributed by atoms with Gasteiger partial charge in [0.2, 0.25) is 5.91 Å². The molecular formula is C26H30N2O6. The van der Waals surface area contributed by atoms with Crippen molar-refractivity contribution < 1.29 is 29.0 Å². The Labute approximate surface area is 198 Å². The van der Waals surface area contributed by atoms with Crippen molar-refractivity contribution >= 4 is 18.0 Å². The fraction of sp³-hybridized carbons (Fsp3) is 0.423. The summed E-state index contributed by atoms with van der Waals surface area (Å²) in [6.45, 7) is 4.09. The summed E-state index contributed by atoms with van der Waals surface area (Å²) in [5.41, 5.74) is 3.31. The quantitative estimate of drug-likeness (QED) is 0.550. The Hall–Kier alpha value is -3.39. The van der Waals surface area contributed by atoms with E-state index in [0.717, 1.165) is 22.3 Å². The van der Waals surface area contributed by atoms with Crippen LogP contribution < -0.4 is 10.6 Å². The summed E-state index contributed by atoms with van der Waals surface area (Å²) in [6, 6.07) is 16.2. The molecule has 1 fully saturated rings. The van der Waals surface area contributed by atoms with Crippen molar-refractivity contribution in [3.63, 3.8) is 0 Å². The number of carboxylic acids is 1. The average Bonchev–Trinajstić information content (AvgIpc) is 3.44. The van der Waals surface area contributed by atoms with Gasteiger partial charge in [0.1, 0.15) is 12.1 Å². The maximum absolute atomic E-state index is 12.9. The van der Waals surface area contributed by atoms with Crippen molar-refractivity contribution in [2.45, 2.75) is 44.2 Å². The number of alkyl carbamates (subject to hydrolysis) is 1. The fourth-order valence-electron chi connectivity index (χ4n) is 4.70. The molecule has 0 spiro atoms. The minimum absolute atomic E-state index is 0.0739. The predicted octanol–water partition coefficient (Wildman–Crippen LogP) is 3.30. The van der Waals surface area contributed by atoms with E-state index in [2.05, 4.69) is 22.8 Å². The van der Waals surface area contributed by atoms with E-state index in [9.17, 15) is 19.5 Å². The number of hydrogen-bond donors (Lipinski definition) is 3. The lowest BCUT2D eigenvalue weighted by Crippen LogP contribution is -2.57. The highest BCUT2D eigenvalue weighted by molar-refractivity contribution is 5.89. The molecule has 34 heavy (non-hydrogen) atoms. The second kappa shape index (κ2) is 9.85. The molecule has 0 saturated carbocycles. The van der Waals surface area contributed by atoms with Gasteiger partial charge in [-0.15, -0.1) is 0 Å². The third-order valence-electron chi connectivity index (χ3n) is 6.91. The average molecular weight is 467 g/mol. The van der Waals surface area contributed by atoms with Crippen molar-refractivity contribution in [1.29, 1.82) is 0 Å². The summed E-state index contributed by atoms with van der Waals surface area (Å²) in [6.07, 6.45) is -0.704. The van der Waals surface area contributed by atoms with Gasteiger partial charge in [0.05, 0.1) is 0 Å². The highest BCUT2D eigenvalue weighted by Gasteiger charge is 2.38. The maximum Gasteiger partial charge on any atom is 0.408 e. The Balaban J connectivity index is 1.36. The first-order valence-electron chi connectivity index (χ1n) is 11.6. The molecule has 0 radical (unpaired) electrons. The maximum atomic E-state index is 12.9. The summed E-state index contributed by atoms with van der Waals surface area (Å²) in [5, 5.41) is 14.7. The highest BCUT2D eigenvalue weighted by Crippen LogP contribution is 2.44. The minimum atomic E-state index is -1.19. The molecule has 2 aromatic carbocycles. The minimum Gasteiger partial charge on any atom is -0.479 e. The second-order valence-electron chi connectivity index (χ2n) is 9.02. The van der Waals surface area contributed by atoms with E-state index in [1.165, 1.54) is 0 Å². The Kier molecular flexibility index (Phi) is 6.88. The monoisotopic (exact) mass is 466 g/mol. The normalized spacial score (nSPS) is 20.6. The molecule has 180 valence electrons. The lowest BCUT2D eigenvalue weighted by Gasteiger charge is -2.29. The zero-order chi connectivity index (χ0) is 24.3. The Morgan fingerprint density at radius 1 is 1.09 bits per heavy atom. The number of amides is 2. The van der Waals surface area contributed by atoms with Gasteiger partial charge in [0.25, 0.3) is 0 Å². The van der Waals surface area contributed by atoms with Crippen LogP contribution in [0.4, 0.5) is 4.79 Å². The molecule has 8 heteroatoms. The number of carboxylic acid groups (broad SMARTS) is 1. The number of hydrogen-bond acceptors (Lipinski definition) is 5. The number of nitrogens with one attached hydrogen (secondary N) is 2. The van der Waals surface area contributed by atoms with E-state index in [1.54, 1.807) is 13.8 Å². The standard InChI is InChI=1S/C26H30N2O6/c1-3-26(2,24(31)27-14-16-12-13-33-22(16)23(29)30)28-25(32)34-15-21-19-10-6-4-8-17(19)18-9-5-7-11-20(18)21/h4-11,16,21-22H,3,12-15H2,1-2H3,(H,27,31)(H,28,32)(H,29,30). The number of fused-ring (bicyclic) bond motifs is 3. The number of benzene rings is 2. The predicted molar refractivity (Wildman–Crippen MR) is 125 cm³/mol. The summed E-state index contributed by atoms with van der Waals surface area (Å²) in [4.78, 5) is 36.9. The van der Waals surface area contributed by atoms with Gasteiger partial charge < -0.3 is 25.2 Å². The summed E-state index contributed by atoms with van der Waals surface area (Å²) in [5.74, 6) is -1.81. The Morgan fingerprint density at radius 3 is 2.29 bits per heavy atom. The fourth-order valence-corrected chi connectivity index (χ4v) is 4.70. The van der Waals surface area contributed by atoms with Gasteiger partial charge in [-0.3, -0.25) is 4.79 Å². The van der Waals surface area contributed by atoms with Crippen LogP contribution >= 0.6 is 0 Å². The van der Waals surface area contributed by atoms with Gasteiger partial charge in [-0.2, -0.15) is 0 Å². The van der Waals surface area contributed by atoms with Gasteiger partial charge >= 0.3 is 12.1 Å². The number of carbonyl (C=O) groups is 3. The molecule has 8 nitrogen and oxygen atoms in total. The van der Waals surface area contributed by atoms with E-state index in [1.807, 2.05) is 36.4 Å². The molecule has 1 heterocycles. The van der Waals surface area contributed by atoms with Gasteiger partial charge in [-0.05, 0) is 42.0 Å². The van der Waals surface area contributed by atoms with Gasteiger partial charge in [-0.1, -0.05) is 55.5 Å². The van der Waals surface area contributed by atoms with Gasteiger partial charge in [-0.25, -0.2) is 9.59 Å². The van der Waals surface area contributed by atoms with Crippen molar-refractivity contribution in [2.24, 2.45) is 5.92 Å². The smallest absolute Gasteiger partial charge is 0.408 e. The molecule has 3 atom stereocenters. The van der Waals surface area contributed by atoms with Crippen LogP contribution in [0.3, 0.4) is 0 Å². The third kappa shape index (κ3) is 4.63. The van der Waals surface area contributed by atoms with Gasteiger partial charge in [0, 0.05) is 25.0 Å². The largest absolute Gasteiger partial charge is 0.479 e. The molecule has 2 aromatic rings. The molecule has 0 aromatic heterocycles. The zero-order valence-electron chi connectivity index (χ0n) is 19.4. The van der Waals surface area contributed by atoms with Gasteiger partial charge in [0.15, 0.2) is 6.10 Å². The first-order chi connectivity index (χ1) is 16.3. The third-order valence-corrected chi connectivity index (χ3v) is 6.91. The molecule has 1 aliphatic heterocycles. The first kappa shape index (κ1) is 23.8. The van der Waals surface area contributed by atoms with E-state index in [-0.39, 0.29) is 30.9 Å². The molecule has 2 amide bonds. The molecule has 3 unspecified atom stereocenters. The van der Waals surface area contributed by atoms with E-state index >= 15 is 0 Å². The van der Waals surface area contributed by atoms with E-state index in [4.69, 9.17) is 9.47 Å². The van der Waals surface area contributed by atoms with Crippen molar-refractivity contribution in [2.75, 3.05) is 19.8 Å². The first-order valence-corrected chi connectivity index (χ1v) is 11.6. The molecule has 3 N–H and O–H groups in total. The molecule has 1 saturated heterocycles. The Morgan fingerprint density at radius 2 is 1.71 bits per heavy atom. The van der Waals surface area contributed by atoms with Crippen LogP contribution in [0.5, 0.6) is 0 Å². The zero-order valence-corrected chi connectivity index (χ0v) is 19.4. The number of ether oxygens (including phenoxy) is 2. The highest BCUT2D eigenvalue weighted by atomic mass is 16.5. The summed E-state index contributed by atoms with van der Waals surface area (Å²) < 4.78 is 10.8.